The fourth-order valence-electron chi connectivity index (χ4n) is 7.87. The molecule has 0 amide bonds. The largest absolute Gasteiger partial charge is 0.469 e. The van der Waals surface area contributed by atoms with Crippen molar-refractivity contribution in [2.75, 3.05) is 14.2 Å². The third-order valence-electron chi connectivity index (χ3n) is 11.4. The molecular weight excluding hydrogens is 819 g/mol. The molecule has 2 heterocycles. The highest BCUT2D eigenvalue weighted by Gasteiger charge is 2.31. The SMILES string of the molecule is COC(=O)C[C@@H](O)C[C@@H](O)/C=C/c1c(C2CC2)nc2ccccc2c1-c1ccc(F)cc1.COC(=O)C[C@@H](O)C[C@H](O)/C=C/c1c(C2CC2)nc2ccccc2c1-c1ccc(F)cc1. The first-order valence-corrected chi connectivity index (χ1v) is 21.5. The standard InChI is InChI=1S/2C26H26FNO4/c2*1-32-24(31)15-20(30)14-19(29)12-13-22-25(16-8-10-18(27)11-9-16)21-4-2-3-5-23(21)28-26(22)17-6-7-17/h2*2-5,8-13,17,19-20,29-30H,6-7,14-15H2,1H3/b2*13-12+/t19-,20+;19-,20-/m10/s1. The highest BCUT2D eigenvalue weighted by molar-refractivity contribution is 6.00. The Morgan fingerprint density at radius 3 is 1.30 bits per heavy atom. The van der Waals surface area contributed by atoms with Gasteiger partial charge >= 0.3 is 11.9 Å². The molecule has 4 N–H and O–H groups in total. The molecule has 2 fully saturated rings. The Kier molecular flexibility index (Phi) is 15.0. The number of hydrogen-bond acceptors (Lipinski definition) is 10. The van der Waals surface area contributed by atoms with E-state index in [0.29, 0.717) is 11.8 Å². The van der Waals surface area contributed by atoms with Crippen LogP contribution in [0.2, 0.25) is 0 Å². The number of nitrogens with zero attached hydrogens (tertiary/aromatic N) is 2. The van der Waals surface area contributed by atoms with Crippen molar-refractivity contribution in [3.05, 3.63) is 143 Å². The van der Waals surface area contributed by atoms with Crippen LogP contribution in [0.4, 0.5) is 8.78 Å². The average molecular weight is 871 g/mol. The summed E-state index contributed by atoms with van der Waals surface area (Å²) in [6, 6.07) is 28.5. The molecule has 0 unspecified atom stereocenters. The summed E-state index contributed by atoms with van der Waals surface area (Å²) >= 11 is 0. The summed E-state index contributed by atoms with van der Waals surface area (Å²) in [5, 5.41) is 42.9. The topological polar surface area (TPSA) is 159 Å². The van der Waals surface area contributed by atoms with Gasteiger partial charge in [-0.1, -0.05) is 85.0 Å². The number of benzene rings is 4. The number of aliphatic hydroxyl groups excluding tert-OH is 4. The molecule has 4 atom stereocenters. The van der Waals surface area contributed by atoms with Gasteiger partial charge in [0.25, 0.3) is 0 Å². The summed E-state index contributed by atoms with van der Waals surface area (Å²) in [6.45, 7) is 0. The minimum Gasteiger partial charge on any atom is -0.469 e. The lowest BCUT2D eigenvalue weighted by atomic mass is 9.92. The molecule has 0 radical (unpaired) electrons. The van der Waals surface area contributed by atoms with Crippen LogP contribution in [0.15, 0.2) is 109 Å². The van der Waals surface area contributed by atoms with E-state index in [-0.39, 0.29) is 37.3 Å². The maximum Gasteiger partial charge on any atom is 0.308 e. The summed E-state index contributed by atoms with van der Waals surface area (Å²) in [6.07, 6.45) is 6.87. The van der Waals surface area contributed by atoms with Gasteiger partial charge in [0.2, 0.25) is 0 Å². The Bertz CT molecular complexity index is 2460. The minimum atomic E-state index is -1.00. The molecule has 2 saturated carbocycles. The van der Waals surface area contributed by atoms with Crippen LogP contribution in [-0.2, 0) is 19.1 Å². The average Bonchev–Trinajstić information content (AvgIpc) is 4.23. The van der Waals surface area contributed by atoms with E-state index in [4.69, 9.17) is 9.97 Å². The number of halogens is 2. The van der Waals surface area contributed by atoms with E-state index >= 15 is 0 Å². The predicted octanol–water partition coefficient (Wildman–Crippen LogP) is 9.21. The Morgan fingerprint density at radius 2 is 0.953 bits per heavy atom. The molecule has 0 aliphatic heterocycles. The van der Waals surface area contributed by atoms with Crippen LogP contribution in [0.3, 0.4) is 0 Å². The maximum atomic E-state index is 13.6. The summed E-state index contributed by atoms with van der Waals surface area (Å²) in [7, 11) is 2.52. The second-order valence-corrected chi connectivity index (χ2v) is 16.4. The lowest BCUT2D eigenvalue weighted by Crippen LogP contribution is -2.20. The van der Waals surface area contributed by atoms with Crippen molar-refractivity contribution in [1.29, 1.82) is 0 Å². The molecular formula is C52H52F2N2O8. The quantitative estimate of drug-likeness (QED) is 0.0691. The van der Waals surface area contributed by atoms with Crippen LogP contribution in [0.5, 0.6) is 0 Å². The highest BCUT2D eigenvalue weighted by Crippen LogP contribution is 2.47. The molecule has 4 aromatic carbocycles. The normalized spacial score (nSPS) is 15.8. The summed E-state index contributed by atoms with van der Waals surface area (Å²) in [5.74, 6) is -0.964. The number of fused-ring (bicyclic) bond motifs is 2. The van der Waals surface area contributed by atoms with Gasteiger partial charge in [-0.2, -0.15) is 0 Å². The number of aliphatic hydroxyl groups is 4. The fraction of sp³-hybridized carbons (Fsp3) is 0.308. The van der Waals surface area contributed by atoms with Crippen molar-refractivity contribution in [3.8, 4) is 22.3 Å². The second-order valence-electron chi connectivity index (χ2n) is 16.4. The molecule has 6 aromatic rings. The van der Waals surface area contributed by atoms with Gasteiger partial charge in [-0.05, 0) is 73.2 Å². The van der Waals surface area contributed by atoms with Gasteiger partial charge in [-0.3, -0.25) is 19.6 Å². The van der Waals surface area contributed by atoms with Crippen molar-refractivity contribution >= 4 is 45.9 Å². The maximum absolute atomic E-state index is 13.6. The minimum absolute atomic E-state index is 0.0112. The Morgan fingerprint density at radius 1 is 0.594 bits per heavy atom. The van der Waals surface area contributed by atoms with Gasteiger partial charge in [-0.25, -0.2) is 8.78 Å². The number of esters is 2. The number of hydrogen-bond donors (Lipinski definition) is 4. The molecule has 12 heteroatoms. The van der Waals surface area contributed by atoms with Crippen LogP contribution >= 0.6 is 0 Å². The lowest BCUT2D eigenvalue weighted by molar-refractivity contribution is -0.144. The Hall–Kier alpha value is -6.18. The zero-order chi connectivity index (χ0) is 45.3. The van der Waals surface area contributed by atoms with E-state index in [0.717, 1.165) is 92.3 Å². The summed E-state index contributed by atoms with van der Waals surface area (Å²) in [4.78, 5) is 32.5. The number of carbonyl (C=O) groups is 2. The van der Waals surface area contributed by atoms with E-state index in [2.05, 4.69) is 9.47 Å². The summed E-state index contributed by atoms with van der Waals surface area (Å²) in [5.41, 5.74) is 9.06. The van der Waals surface area contributed by atoms with Crippen molar-refractivity contribution in [1.82, 2.24) is 9.97 Å². The van der Waals surface area contributed by atoms with E-state index in [1.54, 1.807) is 36.4 Å². The fourth-order valence-corrected chi connectivity index (χ4v) is 7.87. The van der Waals surface area contributed by atoms with Gasteiger partial charge in [0.15, 0.2) is 0 Å². The monoisotopic (exact) mass is 870 g/mol. The van der Waals surface area contributed by atoms with Crippen molar-refractivity contribution in [2.45, 2.75) is 87.6 Å². The molecule has 0 spiro atoms. The molecule has 8 rings (SSSR count). The van der Waals surface area contributed by atoms with Gasteiger partial charge in [0.05, 0.1) is 73.9 Å². The third kappa shape index (κ3) is 11.7. The molecule has 64 heavy (non-hydrogen) atoms. The smallest absolute Gasteiger partial charge is 0.308 e. The lowest BCUT2D eigenvalue weighted by Gasteiger charge is -2.16. The molecule has 2 aliphatic carbocycles. The van der Waals surface area contributed by atoms with Gasteiger partial charge in [0.1, 0.15) is 11.6 Å². The second kappa shape index (κ2) is 21.0. The molecule has 2 aliphatic rings. The number of aromatic nitrogens is 2. The summed E-state index contributed by atoms with van der Waals surface area (Å²) < 4.78 is 36.3. The molecule has 0 saturated heterocycles. The number of pyridine rings is 2. The van der Waals surface area contributed by atoms with Crippen LogP contribution in [0, 0.1) is 11.6 Å². The number of methoxy groups -OCH3 is 2. The van der Waals surface area contributed by atoms with E-state index in [9.17, 15) is 38.8 Å². The Labute approximate surface area is 370 Å². The first-order chi connectivity index (χ1) is 30.9. The molecule has 0 bridgehead atoms. The number of carbonyl (C=O) groups excluding carboxylic acids is 2. The number of ether oxygens (including phenoxy) is 2. The van der Waals surface area contributed by atoms with Crippen LogP contribution < -0.4 is 0 Å². The first kappa shape index (κ1) is 45.8. The predicted molar refractivity (Wildman–Crippen MR) is 243 cm³/mol. The first-order valence-electron chi connectivity index (χ1n) is 21.5. The zero-order valence-electron chi connectivity index (χ0n) is 35.7. The van der Waals surface area contributed by atoms with E-state index < -0.39 is 36.4 Å². The van der Waals surface area contributed by atoms with E-state index in [1.165, 1.54) is 38.5 Å². The van der Waals surface area contributed by atoms with Crippen molar-refractivity contribution in [2.24, 2.45) is 0 Å². The van der Waals surface area contributed by atoms with E-state index in [1.807, 2.05) is 60.7 Å². The van der Waals surface area contributed by atoms with Crippen molar-refractivity contribution < 1.29 is 48.3 Å². The molecule has 2 aromatic heterocycles. The highest BCUT2D eigenvalue weighted by atomic mass is 19.1. The Balaban J connectivity index is 0.000000191. The van der Waals surface area contributed by atoms with Crippen LogP contribution in [-0.4, -0.2) is 81.0 Å². The van der Waals surface area contributed by atoms with Crippen LogP contribution in [0.25, 0.3) is 56.2 Å². The van der Waals surface area contributed by atoms with Gasteiger partial charge in [0, 0.05) is 57.7 Å². The third-order valence-corrected chi connectivity index (χ3v) is 11.4. The van der Waals surface area contributed by atoms with Crippen LogP contribution in [0.1, 0.15) is 85.7 Å². The molecule has 10 nitrogen and oxygen atoms in total. The number of para-hydroxylation sites is 2. The van der Waals surface area contributed by atoms with Gasteiger partial charge in [-0.15, -0.1) is 0 Å². The van der Waals surface area contributed by atoms with Crippen molar-refractivity contribution in [3.63, 3.8) is 0 Å². The zero-order valence-corrected chi connectivity index (χ0v) is 35.7. The number of rotatable bonds is 16. The molecule has 332 valence electrons. The van der Waals surface area contributed by atoms with Gasteiger partial charge < -0.3 is 29.9 Å².